The van der Waals surface area contributed by atoms with Crippen molar-refractivity contribution >= 4 is 21.5 Å². The summed E-state index contributed by atoms with van der Waals surface area (Å²) >= 11 is 0. The molecule has 1 aliphatic rings. The van der Waals surface area contributed by atoms with Crippen LogP contribution in [0, 0.1) is 0 Å². The van der Waals surface area contributed by atoms with Crippen molar-refractivity contribution in [3.05, 3.63) is 47.1 Å². The van der Waals surface area contributed by atoms with Crippen LogP contribution in [0.25, 0.3) is 21.5 Å². The summed E-state index contributed by atoms with van der Waals surface area (Å²) < 4.78 is 0. The molecule has 0 radical (unpaired) electrons. The lowest BCUT2D eigenvalue weighted by molar-refractivity contribution is 0.416. The Bertz CT molecular complexity index is 1070. The topological polar surface area (TPSA) is 65.2 Å². The lowest BCUT2D eigenvalue weighted by Crippen LogP contribution is -2.22. The van der Waals surface area contributed by atoms with E-state index < -0.39 is 5.66 Å². The molecule has 0 fully saturated rings. The van der Waals surface area contributed by atoms with E-state index in [2.05, 4.69) is 13.8 Å². The van der Waals surface area contributed by atoms with Crippen molar-refractivity contribution in [2.45, 2.75) is 32.4 Å². The second kappa shape index (κ2) is 4.69. The van der Waals surface area contributed by atoms with Gasteiger partial charge in [0.2, 0.25) is 0 Å². The maximum Gasteiger partial charge on any atom is 0.151 e. The van der Waals surface area contributed by atoms with Crippen LogP contribution in [-0.2, 0) is 0 Å². The third kappa shape index (κ3) is 1.78. The minimum absolute atomic E-state index is 0.159. The fraction of sp³-hybridized carbons (Fsp3) is 0.263. The van der Waals surface area contributed by atoms with Crippen LogP contribution in [0.2, 0.25) is 0 Å². The molecule has 1 aliphatic heterocycles. The van der Waals surface area contributed by atoms with Crippen molar-refractivity contribution in [2.24, 2.45) is 9.98 Å². The first-order chi connectivity index (χ1) is 11.1. The van der Waals surface area contributed by atoms with Crippen molar-refractivity contribution in [1.82, 2.24) is 0 Å². The van der Waals surface area contributed by atoms with E-state index in [9.17, 15) is 10.2 Å². The van der Waals surface area contributed by atoms with Gasteiger partial charge in [-0.2, -0.15) is 0 Å². The van der Waals surface area contributed by atoms with Gasteiger partial charge < -0.3 is 10.2 Å². The molecule has 23 heavy (non-hydrogen) atoms. The Morgan fingerprint density at radius 3 is 2.13 bits per heavy atom. The molecule has 4 rings (SSSR count). The molecule has 4 heteroatoms. The van der Waals surface area contributed by atoms with E-state index in [1.165, 1.54) is 0 Å². The van der Waals surface area contributed by atoms with Crippen molar-refractivity contribution in [3.63, 3.8) is 0 Å². The predicted molar refractivity (Wildman–Crippen MR) is 90.4 cm³/mol. The highest BCUT2D eigenvalue weighted by Crippen LogP contribution is 2.39. The molecular weight excluding hydrogens is 288 g/mol. The van der Waals surface area contributed by atoms with E-state index in [1.807, 2.05) is 30.3 Å². The third-order valence-corrected chi connectivity index (χ3v) is 4.87. The highest BCUT2D eigenvalue weighted by Gasteiger charge is 2.28. The van der Waals surface area contributed by atoms with Gasteiger partial charge in [-0.25, -0.2) is 0 Å². The van der Waals surface area contributed by atoms with E-state index in [0.717, 1.165) is 18.2 Å². The van der Waals surface area contributed by atoms with Gasteiger partial charge >= 0.3 is 0 Å². The number of rotatable bonds is 2. The molecule has 3 aromatic carbocycles. The number of fused-ring (bicyclic) bond motifs is 4. The van der Waals surface area contributed by atoms with E-state index >= 15 is 0 Å². The summed E-state index contributed by atoms with van der Waals surface area (Å²) in [6.07, 6.45) is 1.61. The standard InChI is InChI=1S/C19H18N2O2/c1-3-19(4-2)20-14-10-9-13-15(16(14)21-19)18(23)12-8-6-5-7-11(12)17(13)22/h5-10,22-23H,3-4H2,1-2H3. The number of phenolic OH excluding ortho intramolecular Hbond substituents is 2. The zero-order chi connectivity index (χ0) is 16.2. The Kier molecular flexibility index (Phi) is 2.85. The Balaban J connectivity index is 2.25. The Labute approximate surface area is 133 Å². The van der Waals surface area contributed by atoms with Gasteiger partial charge in [-0.1, -0.05) is 38.1 Å². The van der Waals surface area contributed by atoms with Crippen LogP contribution in [0.5, 0.6) is 11.5 Å². The quantitative estimate of drug-likeness (QED) is 0.564. The smallest absolute Gasteiger partial charge is 0.151 e. The summed E-state index contributed by atoms with van der Waals surface area (Å²) in [7, 11) is 0. The average Bonchev–Trinajstić information content (AvgIpc) is 2.98. The van der Waals surface area contributed by atoms with Crippen LogP contribution in [0.4, 0.5) is 0 Å². The molecule has 0 saturated heterocycles. The van der Waals surface area contributed by atoms with Crippen LogP contribution < -0.4 is 10.7 Å². The SMILES string of the molecule is CCC1(CC)N=c2ccc3c(O)c4ccccc4c(O)c3c2=N1. The van der Waals surface area contributed by atoms with Crippen LogP contribution >= 0.6 is 0 Å². The molecular formula is C19H18N2O2. The summed E-state index contributed by atoms with van der Waals surface area (Å²) in [5, 5.41) is 25.4. The first kappa shape index (κ1) is 14.0. The zero-order valence-corrected chi connectivity index (χ0v) is 13.2. The molecule has 0 aliphatic carbocycles. The summed E-state index contributed by atoms with van der Waals surface area (Å²) in [6.45, 7) is 4.13. The molecule has 0 bridgehead atoms. The Morgan fingerprint density at radius 1 is 0.826 bits per heavy atom. The number of hydrogen-bond donors (Lipinski definition) is 2. The van der Waals surface area contributed by atoms with Gasteiger partial charge in [-0.3, -0.25) is 9.98 Å². The molecule has 0 unspecified atom stereocenters. The summed E-state index contributed by atoms with van der Waals surface area (Å²) in [6, 6.07) is 11.0. The fourth-order valence-electron chi connectivity index (χ4n) is 3.42. The van der Waals surface area contributed by atoms with Crippen molar-refractivity contribution < 1.29 is 10.2 Å². The highest BCUT2D eigenvalue weighted by molar-refractivity contribution is 6.10. The Hall–Kier alpha value is -2.62. The van der Waals surface area contributed by atoms with Gasteiger partial charge in [-0.15, -0.1) is 0 Å². The van der Waals surface area contributed by atoms with Gasteiger partial charge in [0, 0.05) is 16.2 Å². The molecule has 0 amide bonds. The third-order valence-electron chi connectivity index (χ3n) is 4.87. The monoisotopic (exact) mass is 306 g/mol. The van der Waals surface area contributed by atoms with Crippen LogP contribution in [-0.4, -0.2) is 15.9 Å². The lowest BCUT2D eigenvalue weighted by atomic mass is 10.00. The normalized spacial score (nSPS) is 15.4. The van der Waals surface area contributed by atoms with Gasteiger partial charge in [0.1, 0.15) is 11.5 Å². The lowest BCUT2D eigenvalue weighted by Gasteiger charge is -2.18. The number of hydrogen-bond acceptors (Lipinski definition) is 4. The van der Waals surface area contributed by atoms with Crippen molar-refractivity contribution in [3.8, 4) is 11.5 Å². The molecule has 3 aromatic rings. The summed E-state index contributed by atoms with van der Waals surface area (Å²) in [5.74, 6) is 0.337. The van der Waals surface area contributed by atoms with Gasteiger partial charge in [-0.05, 0) is 25.0 Å². The van der Waals surface area contributed by atoms with E-state index in [-0.39, 0.29) is 11.5 Å². The number of nitrogens with zero attached hydrogens (tertiary/aromatic N) is 2. The number of phenols is 2. The molecule has 2 N–H and O–H groups in total. The molecule has 0 atom stereocenters. The first-order valence-electron chi connectivity index (χ1n) is 7.95. The van der Waals surface area contributed by atoms with Crippen LogP contribution in [0.1, 0.15) is 26.7 Å². The number of aromatic hydroxyl groups is 2. The fourth-order valence-corrected chi connectivity index (χ4v) is 3.42. The minimum Gasteiger partial charge on any atom is -0.507 e. The van der Waals surface area contributed by atoms with Crippen molar-refractivity contribution in [1.29, 1.82) is 0 Å². The van der Waals surface area contributed by atoms with E-state index in [1.54, 1.807) is 6.07 Å². The van der Waals surface area contributed by atoms with Crippen LogP contribution in [0.15, 0.2) is 46.4 Å². The maximum absolute atomic E-state index is 10.8. The van der Waals surface area contributed by atoms with E-state index in [4.69, 9.17) is 9.98 Å². The van der Waals surface area contributed by atoms with Gasteiger partial charge in [0.15, 0.2) is 5.66 Å². The summed E-state index contributed by atoms with van der Waals surface area (Å²) in [5.41, 5.74) is -0.454. The number of benzene rings is 3. The molecule has 116 valence electrons. The van der Waals surface area contributed by atoms with Crippen molar-refractivity contribution in [2.75, 3.05) is 0 Å². The van der Waals surface area contributed by atoms with Gasteiger partial charge in [0.05, 0.1) is 16.1 Å². The van der Waals surface area contributed by atoms with E-state index in [0.29, 0.717) is 26.9 Å². The van der Waals surface area contributed by atoms with Crippen LogP contribution in [0.3, 0.4) is 0 Å². The molecule has 0 saturated carbocycles. The molecule has 4 nitrogen and oxygen atoms in total. The summed E-state index contributed by atoms with van der Waals surface area (Å²) in [4.78, 5) is 9.58. The largest absolute Gasteiger partial charge is 0.507 e. The van der Waals surface area contributed by atoms with Gasteiger partial charge in [0.25, 0.3) is 0 Å². The second-order valence-electron chi connectivity index (χ2n) is 6.01. The highest BCUT2D eigenvalue weighted by atomic mass is 16.3. The molecule has 0 spiro atoms. The molecule has 0 aromatic heterocycles. The zero-order valence-electron chi connectivity index (χ0n) is 13.2. The minimum atomic E-state index is -0.454. The maximum atomic E-state index is 10.8. The Morgan fingerprint density at radius 2 is 1.48 bits per heavy atom. The second-order valence-corrected chi connectivity index (χ2v) is 6.01. The predicted octanol–water partition coefficient (Wildman–Crippen LogP) is 3.17. The first-order valence-corrected chi connectivity index (χ1v) is 7.95. The average molecular weight is 306 g/mol. The molecule has 1 heterocycles.